The summed E-state index contributed by atoms with van der Waals surface area (Å²) in [6, 6.07) is 7.33. The first kappa shape index (κ1) is 10.3. The second kappa shape index (κ2) is 3.89. The van der Waals surface area contributed by atoms with Crippen molar-refractivity contribution in [3.63, 3.8) is 0 Å². The first-order valence-corrected chi connectivity index (χ1v) is 5.72. The zero-order chi connectivity index (χ0) is 11.8. The van der Waals surface area contributed by atoms with Crippen LogP contribution in [0.25, 0.3) is 17.2 Å². The second-order valence-corrected chi connectivity index (χ2v) is 4.21. The van der Waals surface area contributed by atoms with Gasteiger partial charge in [0.1, 0.15) is 5.75 Å². The van der Waals surface area contributed by atoms with Crippen molar-refractivity contribution in [3.8, 4) is 17.3 Å². The molecule has 6 heteroatoms. The maximum absolute atomic E-state index is 5.46. The summed E-state index contributed by atoms with van der Waals surface area (Å²) in [5, 5.41) is 8.16. The van der Waals surface area contributed by atoms with E-state index in [2.05, 4.69) is 26.1 Å². The van der Waals surface area contributed by atoms with Gasteiger partial charge in [0, 0.05) is 0 Å². The Bertz CT molecular complexity index is 674. The van der Waals surface area contributed by atoms with Crippen LogP contribution in [-0.4, -0.2) is 21.7 Å². The van der Waals surface area contributed by atoms with Crippen LogP contribution >= 0.6 is 15.9 Å². The quantitative estimate of drug-likeness (QED) is 0.729. The van der Waals surface area contributed by atoms with E-state index in [9.17, 15) is 0 Å². The van der Waals surface area contributed by atoms with Crippen molar-refractivity contribution < 1.29 is 9.15 Å². The van der Waals surface area contributed by atoms with Crippen molar-refractivity contribution in [2.24, 2.45) is 0 Å². The summed E-state index contributed by atoms with van der Waals surface area (Å²) in [4.78, 5) is 0. The third-order valence-electron chi connectivity index (χ3n) is 2.40. The molecule has 0 N–H and O–H groups in total. The van der Waals surface area contributed by atoms with E-state index < -0.39 is 0 Å². The van der Waals surface area contributed by atoms with Crippen LogP contribution in [0.15, 0.2) is 39.5 Å². The van der Waals surface area contributed by atoms with E-state index in [4.69, 9.17) is 9.15 Å². The average Bonchev–Trinajstić information content (AvgIpc) is 2.93. The third-order valence-corrected chi connectivity index (χ3v) is 2.83. The molecule has 0 fully saturated rings. The third kappa shape index (κ3) is 1.70. The molecule has 0 spiro atoms. The first-order valence-electron chi connectivity index (χ1n) is 4.92. The van der Waals surface area contributed by atoms with Crippen LogP contribution < -0.4 is 4.74 Å². The predicted octanol–water partition coefficient (Wildman–Crippen LogP) is 2.76. The molecule has 0 bridgehead atoms. The highest BCUT2D eigenvalue weighted by molar-refractivity contribution is 9.10. The summed E-state index contributed by atoms with van der Waals surface area (Å²) in [6.07, 6.45) is 1.82. The zero-order valence-corrected chi connectivity index (χ0v) is 10.5. The van der Waals surface area contributed by atoms with Crippen LogP contribution in [0.2, 0.25) is 0 Å². The lowest BCUT2D eigenvalue weighted by Gasteiger charge is -2.00. The molecule has 0 aliphatic rings. The van der Waals surface area contributed by atoms with Gasteiger partial charge < -0.3 is 9.15 Å². The van der Waals surface area contributed by atoms with E-state index >= 15 is 0 Å². The van der Waals surface area contributed by atoms with E-state index in [1.165, 1.54) is 0 Å². The number of halogens is 1. The number of pyridine rings is 1. The van der Waals surface area contributed by atoms with Crippen LogP contribution in [0.5, 0.6) is 5.75 Å². The lowest BCUT2D eigenvalue weighted by Crippen LogP contribution is -1.90. The molecule has 0 aliphatic heterocycles. The Morgan fingerprint density at radius 1 is 1.24 bits per heavy atom. The van der Waals surface area contributed by atoms with Gasteiger partial charge in [-0.15, -0.1) is 10.2 Å². The summed E-state index contributed by atoms with van der Waals surface area (Å²) in [7, 11) is 1.62. The number of furan rings is 1. The van der Waals surface area contributed by atoms with Crippen molar-refractivity contribution in [2.45, 2.75) is 0 Å². The van der Waals surface area contributed by atoms with E-state index in [0.717, 1.165) is 11.4 Å². The number of aromatic nitrogens is 3. The van der Waals surface area contributed by atoms with Crippen molar-refractivity contribution in [2.75, 3.05) is 7.11 Å². The van der Waals surface area contributed by atoms with Gasteiger partial charge in [0.2, 0.25) is 5.82 Å². The zero-order valence-electron chi connectivity index (χ0n) is 8.92. The minimum absolute atomic E-state index is 0.643. The van der Waals surface area contributed by atoms with E-state index in [-0.39, 0.29) is 0 Å². The summed E-state index contributed by atoms with van der Waals surface area (Å²) in [5.74, 6) is 2.03. The molecule has 17 heavy (non-hydrogen) atoms. The summed E-state index contributed by atoms with van der Waals surface area (Å²) < 4.78 is 13.1. The summed E-state index contributed by atoms with van der Waals surface area (Å²) in [5.41, 5.74) is 0.744. The van der Waals surface area contributed by atoms with Crippen molar-refractivity contribution in [1.82, 2.24) is 14.6 Å². The first-order chi connectivity index (χ1) is 8.28. The predicted molar refractivity (Wildman–Crippen MR) is 64.9 cm³/mol. The van der Waals surface area contributed by atoms with Gasteiger partial charge >= 0.3 is 0 Å². The molecule has 0 atom stereocenters. The van der Waals surface area contributed by atoms with E-state index in [0.29, 0.717) is 16.3 Å². The molecule has 0 aromatic carbocycles. The number of rotatable bonds is 2. The van der Waals surface area contributed by atoms with Gasteiger partial charge in [0.15, 0.2) is 16.1 Å². The minimum atomic E-state index is 0.643. The van der Waals surface area contributed by atoms with Crippen LogP contribution in [0.3, 0.4) is 0 Å². The van der Waals surface area contributed by atoms with Crippen molar-refractivity contribution in [1.29, 1.82) is 0 Å². The van der Waals surface area contributed by atoms with Gasteiger partial charge in [-0.3, -0.25) is 4.40 Å². The Morgan fingerprint density at radius 3 is 2.82 bits per heavy atom. The number of hydrogen-bond donors (Lipinski definition) is 0. The van der Waals surface area contributed by atoms with Gasteiger partial charge in [-0.1, -0.05) is 0 Å². The monoisotopic (exact) mass is 293 g/mol. The molecule has 5 nitrogen and oxygen atoms in total. The van der Waals surface area contributed by atoms with Crippen LogP contribution in [0.4, 0.5) is 0 Å². The molecular formula is C11H8BrN3O2. The number of ether oxygens (including phenoxy) is 1. The standard InChI is InChI=1S/C11H8BrN3O2/c1-16-7-2-5-10-13-14-11(15(10)6-7)8-3-4-9(12)17-8/h2-6H,1H3. The second-order valence-electron chi connectivity index (χ2n) is 3.42. The van der Waals surface area contributed by atoms with E-state index in [1.54, 1.807) is 7.11 Å². The molecule has 3 aromatic heterocycles. The number of methoxy groups -OCH3 is 1. The van der Waals surface area contributed by atoms with Gasteiger partial charge in [0.25, 0.3) is 0 Å². The number of nitrogens with zero attached hydrogens (tertiary/aromatic N) is 3. The highest BCUT2D eigenvalue weighted by Crippen LogP contribution is 2.25. The van der Waals surface area contributed by atoms with Crippen molar-refractivity contribution >= 4 is 21.6 Å². The molecule has 0 aliphatic carbocycles. The Morgan fingerprint density at radius 2 is 2.12 bits per heavy atom. The minimum Gasteiger partial charge on any atom is -0.495 e. The molecule has 3 aromatic rings. The molecular weight excluding hydrogens is 286 g/mol. The lowest BCUT2D eigenvalue weighted by atomic mass is 10.4. The van der Waals surface area contributed by atoms with Crippen molar-refractivity contribution in [3.05, 3.63) is 35.1 Å². The molecule has 86 valence electrons. The molecule has 0 unspecified atom stereocenters. The molecule has 3 rings (SSSR count). The number of hydrogen-bond acceptors (Lipinski definition) is 4. The Balaban J connectivity index is 2.22. The Kier molecular flexibility index (Phi) is 2.36. The topological polar surface area (TPSA) is 52.6 Å². The largest absolute Gasteiger partial charge is 0.495 e. The van der Waals surface area contributed by atoms with Gasteiger partial charge in [-0.2, -0.15) is 0 Å². The fraction of sp³-hybridized carbons (Fsp3) is 0.0909. The summed E-state index contributed by atoms with van der Waals surface area (Å²) >= 11 is 3.26. The van der Waals surface area contributed by atoms with Gasteiger partial charge in [-0.05, 0) is 40.2 Å². The van der Waals surface area contributed by atoms with Gasteiger partial charge in [-0.25, -0.2) is 0 Å². The Hall–Kier alpha value is -1.82. The van der Waals surface area contributed by atoms with Crippen LogP contribution in [0, 0.1) is 0 Å². The number of fused-ring (bicyclic) bond motifs is 1. The molecule has 0 amide bonds. The van der Waals surface area contributed by atoms with E-state index in [1.807, 2.05) is 34.9 Å². The van der Waals surface area contributed by atoms with Crippen LogP contribution in [-0.2, 0) is 0 Å². The average molecular weight is 294 g/mol. The fourth-order valence-corrected chi connectivity index (χ4v) is 1.90. The highest BCUT2D eigenvalue weighted by Gasteiger charge is 2.12. The molecule has 0 saturated carbocycles. The fourth-order valence-electron chi connectivity index (χ4n) is 1.59. The normalized spacial score (nSPS) is 10.9. The molecule has 0 radical (unpaired) electrons. The van der Waals surface area contributed by atoms with Crippen LogP contribution in [0.1, 0.15) is 0 Å². The molecule has 0 saturated heterocycles. The maximum atomic E-state index is 5.46. The SMILES string of the molecule is COc1ccc2nnc(-c3ccc(Br)o3)n2c1. The maximum Gasteiger partial charge on any atom is 0.204 e. The highest BCUT2D eigenvalue weighted by atomic mass is 79.9. The smallest absolute Gasteiger partial charge is 0.204 e. The van der Waals surface area contributed by atoms with Gasteiger partial charge in [0.05, 0.1) is 13.3 Å². The Labute approximate surface area is 105 Å². The summed E-state index contributed by atoms with van der Waals surface area (Å²) in [6.45, 7) is 0. The molecule has 3 heterocycles. The lowest BCUT2D eigenvalue weighted by molar-refractivity contribution is 0.412.